The second-order valence-electron chi connectivity index (χ2n) is 8.28. The Morgan fingerprint density at radius 1 is 1.21 bits per heavy atom. The van der Waals surface area contributed by atoms with Crippen LogP contribution >= 0.6 is 0 Å². The number of aliphatic hydroxyl groups is 2. The summed E-state index contributed by atoms with van der Waals surface area (Å²) in [5.41, 5.74) is 0.702. The number of aromatic nitrogens is 1. The lowest BCUT2D eigenvalue weighted by Gasteiger charge is -2.39. The molecule has 0 radical (unpaired) electrons. The molecule has 0 spiro atoms. The van der Waals surface area contributed by atoms with E-state index < -0.39 is 31.0 Å². The number of aliphatic hydroxyl groups excluding tert-OH is 2. The zero-order chi connectivity index (χ0) is 20.1. The first-order valence-electron chi connectivity index (χ1n) is 10.3. The second kappa shape index (κ2) is 9.27. The normalized spacial score (nSPS) is 27.0. The zero-order valence-electron chi connectivity index (χ0n) is 16.1. The van der Waals surface area contributed by atoms with Crippen LogP contribution in [0.4, 0.5) is 14.5 Å². The van der Waals surface area contributed by atoms with Crippen LogP contribution in [-0.4, -0.2) is 33.6 Å². The smallest absolute Gasteiger partial charge is 0.248 e. The number of nitrogens with one attached hydrogen (secondary N) is 1. The fourth-order valence-corrected chi connectivity index (χ4v) is 4.75. The van der Waals surface area contributed by atoms with Crippen LogP contribution < -0.4 is 5.32 Å². The fourth-order valence-electron chi connectivity index (χ4n) is 4.75. The van der Waals surface area contributed by atoms with E-state index in [4.69, 9.17) is 5.11 Å². The van der Waals surface area contributed by atoms with Crippen molar-refractivity contribution in [3.8, 4) is 0 Å². The van der Waals surface area contributed by atoms with Crippen LogP contribution in [0, 0.1) is 17.8 Å². The SMILES string of the molecule is O=C(Nc1ccc(C(O)CO)nc1)C1CC(F)(F)CCC1C1CCCCCC1. The molecule has 1 aromatic rings. The van der Waals surface area contributed by atoms with Gasteiger partial charge in [-0.25, -0.2) is 8.78 Å². The van der Waals surface area contributed by atoms with Crippen molar-refractivity contribution in [2.24, 2.45) is 17.8 Å². The zero-order valence-corrected chi connectivity index (χ0v) is 16.1. The minimum atomic E-state index is -2.80. The predicted octanol–water partition coefficient (Wildman–Crippen LogP) is 4.07. The Bertz CT molecular complexity index is 646. The lowest BCUT2D eigenvalue weighted by molar-refractivity contribution is -0.134. The number of halogens is 2. The lowest BCUT2D eigenvalue weighted by Crippen LogP contribution is -2.42. The van der Waals surface area contributed by atoms with Crippen molar-refractivity contribution < 1.29 is 23.8 Å². The van der Waals surface area contributed by atoms with Crippen LogP contribution in [0.15, 0.2) is 18.3 Å². The number of pyridine rings is 1. The Hall–Kier alpha value is -1.60. The highest BCUT2D eigenvalue weighted by molar-refractivity contribution is 5.92. The molecule has 2 aliphatic carbocycles. The van der Waals surface area contributed by atoms with Gasteiger partial charge in [-0.1, -0.05) is 38.5 Å². The molecule has 3 unspecified atom stereocenters. The topological polar surface area (TPSA) is 82.5 Å². The van der Waals surface area contributed by atoms with Crippen molar-refractivity contribution in [2.45, 2.75) is 69.8 Å². The number of amides is 1. The van der Waals surface area contributed by atoms with E-state index in [0.717, 1.165) is 25.7 Å². The Labute approximate surface area is 164 Å². The largest absolute Gasteiger partial charge is 0.393 e. The minimum absolute atomic E-state index is 0.00108. The minimum Gasteiger partial charge on any atom is -0.393 e. The van der Waals surface area contributed by atoms with Crippen molar-refractivity contribution in [3.05, 3.63) is 24.0 Å². The van der Waals surface area contributed by atoms with Gasteiger partial charge in [0.25, 0.3) is 0 Å². The third-order valence-corrected chi connectivity index (χ3v) is 6.29. The van der Waals surface area contributed by atoms with Crippen LogP contribution in [0.5, 0.6) is 0 Å². The first-order valence-corrected chi connectivity index (χ1v) is 10.3. The van der Waals surface area contributed by atoms with Crippen LogP contribution in [0.3, 0.4) is 0 Å². The molecule has 156 valence electrons. The van der Waals surface area contributed by atoms with Gasteiger partial charge in [-0.15, -0.1) is 0 Å². The van der Waals surface area contributed by atoms with E-state index in [9.17, 15) is 18.7 Å². The second-order valence-corrected chi connectivity index (χ2v) is 8.28. The fraction of sp³-hybridized carbons (Fsp3) is 0.714. The Morgan fingerprint density at radius 2 is 1.93 bits per heavy atom. The summed E-state index contributed by atoms with van der Waals surface area (Å²) < 4.78 is 28.2. The van der Waals surface area contributed by atoms with Crippen LogP contribution in [-0.2, 0) is 4.79 Å². The Morgan fingerprint density at radius 3 is 2.54 bits per heavy atom. The van der Waals surface area contributed by atoms with Crippen LogP contribution in [0.25, 0.3) is 0 Å². The molecule has 28 heavy (non-hydrogen) atoms. The molecule has 0 saturated heterocycles. The molecule has 3 rings (SSSR count). The molecule has 2 fully saturated rings. The van der Waals surface area contributed by atoms with Crippen molar-refractivity contribution in [1.29, 1.82) is 0 Å². The third-order valence-electron chi connectivity index (χ3n) is 6.29. The highest BCUT2D eigenvalue weighted by Gasteiger charge is 2.46. The molecular weight excluding hydrogens is 366 g/mol. The van der Waals surface area contributed by atoms with Gasteiger partial charge in [0.1, 0.15) is 6.10 Å². The summed E-state index contributed by atoms with van der Waals surface area (Å²) in [4.78, 5) is 16.9. The van der Waals surface area contributed by atoms with E-state index in [1.807, 2.05) is 0 Å². The number of rotatable bonds is 5. The van der Waals surface area contributed by atoms with Crippen LogP contribution in [0.2, 0.25) is 0 Å². The average molecular weight is 396 g/mol. The lowest BCUT2D eigenvalue weighted by atomic mass is 9.68. The number of alkyl halides is 2. The summed E-state index contributed by atoms with van der Waals surface area (Å²) in [7, 11) is 0. The van der Waals surface area contributed by atoms with Gasteiger partial charge in [-0.05, 0) is 30.4 Å². The van der Waals surface area contributed by atoms with Gasteiger partial charge in [0, 0.05) is 18.8 Å². The summed E-state index contributed by atoms with van der Waals surface area (Å²) in [5, 5.41) is 21.3. The molecule has 0 aliphatic heterocycles. The van der Waals surface area contributed by atoms with Gasteiger partial charge < -0.3 is 15.5 Å². The van der Waals surface area contributed by atoms with Gasteiger partial charge >= 0.3 is 0 Å². The third kappa shape index (κ3) is 5.26. The highest BCUT2D eigenvalue weighted by Crippen LogP contribution is 2.46. The van der Waals surface area contributed by atoms with Crippen molar-refractivity contribution in [3.63, 3.8) is 0 Å². The summed E-state index contributed by atoms with van der Waals surface area (Å²) in [5.74, 6) is -3.52. The standard InChI is InChI=1S/C21H30F2N2O3/c22-21(23)10-9-16(14-5-3-1-2-4-6-14)17(11-21)20(28)25-15-7-8-18(24-12-15)19(27)13-26/h7-8,12,14,16-17,19,26-27H,1-6,9-11,13H2,(H,25,28). The summed E-state index contributed by atoms with van der Waals surface area (Å²) >= 11 is 0. The van der Waals surface area contributed by atoms with Gasteiger partial charge in [0.2, 0.25) is 11.8 Å². The molecule has 2 aliphatic rings. The molecular formula is C21H30F2N2O3. The summed E-state index contributed by atoms with van der Waals surface area (Å²) in [6.07, 6.45) is 6.83. The van der Waals surface area contributed by atoms with Crippen LogP contribution in [0.1, 0.15) is 69.6 Å². The first-order chi connectivity index (χ1) is 13.4. The van der Waals surface area contributed by atoms with Gasteiger partial charge in [-0.3, -0.25) is 9.78 Å². The first kappa shape index (κ1) is 21.1. The quantitative estimate of drug-likeness (QED) is 0.656. The maximum absolute atomic E-state index is 14.1. The molecule has 1 amide bonds. The number of carbonyl (C=O) groups excluding carboxylic acids is 1. The maximum Gasteiger partial charge on any atom is 0.248 e. The van der Waals surface area contributed by atoms with Crippen molar-refractivity contribution in [1.82, 2.24) is 4.98 Å². The summed E-state index contributed by atoms with van der Waals surface area (Å²) in [6, 6.07) is 3.08. The molecule has 2 saturated carbocycles. The van der Waals surface area contributed by atoms with E-state index in [1.54, 1.807) is 6.07 Å². The molecule has 7 heteroatoms. The van der Waals surface area contributed by atoms with Crippen molar-refractivity contribution >= 4 is 11.6 Å². The molecule has 3 N–H and O–H groups in total. The number of hydrogen-bond acceptors (Lipinski definition) is 4. The Balaban J connectivity index is 1.71. The molecule has 5 nitrogen and oxygen atoms in total. The van der Waals surface area contributed by atoms with E-state index in [0.29, 0.717) is 23.7 Å². The predicted molar refractivity (Wildman–Crippen MR) is 102 cm³/mol. The molecule has 1 heterocycles. The number of carbonyl (C=O) groups is 1. The van der Waals surface area contributed by atoms with Gasteiger partial charge in [0.15, 0.2) is 0 Å². The van der Waals surface area contributed by atoms with Gasteiger partial charge in [0.05, 0.1) is 24.2 Å². The van der Waals surface area contributed by atoms with Gasteiger partial charge in [-0.2, -0.15) is 0 Å². The Kier molecular flexibility index (Phi) is 6.99. The van der Waals surface area contributed by atoms with E-state index in [2.05, 4.69) is 10.3 Å². The van der Waals surface area contributed by atoms with E-state index in [-0.39, 0.29) is 18.2 Å². The average Bonchev–Trinajstić information content (AvgIpc) is 2.96. The highest BCUT2D eigenvalue weighted by atomic mass is 19.3. The molecule has 3 atom stereocenters. The summed E-state index contributed by atoms with van der Waals surface area (Å²) in [6.45, 7) is -0.446. The maximum atomic E-state index is 14.1. The van der Waals surface area contributed by atoms with E-state index in [1.165, 1.54) is 25.1 Å². The monoisotopic (exact) mass is 396 g/mol. The van der Waals surface area contributed by atoms with Crippen molar-refractivity contribution in [2.75, 3.05) is 11.9 Å². The molecule has 0 aromatic carbocycles. The number of anilines is 1. The van der Waals surface area contributed by atoms with E-state index >= 15 is 0 Å². The molecule has 0 bridgehead atoms. The number of nitrogens with zero attached hydrogens (tertiary/aromatic N) is 1. The number of hydrogen-bond donors (Lipinski definition) is 3. The molecule has 1 aromatic heterocycles.